The van der Waals surface area contributed by atoms with E-state index in [2.05, 4.69) is 67.7 Å². The second-order valence-electron chi connectivity index (χ2n) is 6.78. The third-order valence-corrected chi connectivity index (χ3v) is 5.73. The molecular formula is C24H25NOS. The topological polar surface area (TPSA) is 29.1 Å². The molecule has 138 valence electrons. The largest absolute Gasteiger partial charge is 0.344 e. The molecule has 0 heterocycles. The molecule has 0 spiro atoms. The Morgan fingerprint density at radius 2 is 1.48 bits per heavy atom. The summed E-state index contributed by atoms with van der Waals surface area (Å²) in [4.78, 5) is 14.1. The van der Waals surface area contributed by atoms with Crippen molar-refractivity contribution in [1.82, 2.24) is 5.32 Å². The molecule has 3 aromatic carbocycles. The summed E-state index contributed by atoms with van der Waals surface area (Å²) in [7, 11) is 0. The van der Waals surface area contributed by atoms with E-state index in [1.807, 2.05) is 37.3 Å². The van der Waals surface area contributed by atoms with Crippen LogP contribution in [-0.2, 0) is 4.79 Å². The summed E-state index contributed by atoms with van der Waals surface area (Å²) in [6.07, 6.45) is 0. The predicted molar refractivity (Wildman–Crippen MR) is 114 cm³/mol. The fourth-order valence-electron chi connectivity index (χ4n) is 3.03. The van der Waals surface area contributed by atoms with Gasteiger partial charge in [-0.2, -0.15) is 0 Å². The van der Waals surface area contributed by atoms with Gasteiger partial charge < -0.3 is 5.32 Å². The highest BCUT2D eigenvalue weighted by Gasteiger charge is 2.22. The van der Waals surface area contributed by atoms with Crippen LogP contribution >= 0.6 is 11.8 Å². The van der Waals surface area contributed by atoms with Gasteiger partial charge in [0.15, 0.2) is 0 Å². The molecule has 0 saturated heterocycles. The summed E-state index contributed by atoms with van der Waals surface area (Å²) in [5.41, 5.74) is 4.61. The number of carbonyl (C=O) groups excluding carboxylic acids is 1. The third kappa shape index (κ3) is 5.01. The van der Waals surface area contributed by atoms with Crippen LogP contribution in [0.4, 0.5) is 0 Å². The normalized spacial score (nSPS) is 13.0. The Kier molecular flexibility index (Phi) is 6.36. The molecule has 2 nitrogen and oxygen atoms in total. The number of benzene rings is 3. The summed E-state index contributed by atoms with van der Waals surface area (Å²) in [5, 5.41) is 3.08. The second-order valence-corrected chi connectivity index (χ2v) is 8.20. The molecule has 0 saturated carbocycles. The molecule has 0 aliphatic carbocycles. The lowest BCUT2D eigenvalue weighted by Crippen LogP contribution is -2.35. The molecule has 1 N–H and O–H groups in total. The highest BCUT2D eigenvalue weighted by Crippen LogP contribution is 2.27. The van der Waals surface area contributed by atoms with Crippen LogP contribution in [0, 0.1) is 13.8 Å². The van der Waals surface area contributed by atoms with Gasteiger partial charge in [-0.05, 0) is 49.6 Å². The summed E-state index contributed by atoms with van der Waals surface area (Å²) in [6, 6.07) is 26.5. The van der Waals surface area contributed by atoms with Crippen LogP contribution in [0.3, 0.4) is 0 Å². The lowest BCUT2D eigenvalue weighted by Gasteiger charge is -2.23. The summed E-state index contributed by atoms with van der Waals surface area (Å²) in [5.74, 6) is 0.0395. The predicted octanol–water partition coefficient (Wildman–Crippen LogP) is 5.69. The smallest absolute Gasteiger partial charge is 0.233 e. The zero-order valence-electron chi connectivity index (χ0n) is 16.0. The highest BCUT2D eigenvalue weighted by molar-refractivity contribution is 8.00. The SMILES string of the molecule is Cc1ccc(S[C@@H](C)C(=O)N[C@@H](c2ccccc2)c2ccccc2C)cc1. The minimum Gasteiger partial charge on any atom is -0.344 e. The average Bonchev–Trinajstić information content (AvgIpc) is 2.69. The number of hydrogen-bond donors (Lipinski definition) is 1. The zero-order valence-corrected chi connectivity index (χ0v) is 16.8. The number of nitrogens with one attached hydrogen (secondary N) is 1. The summed E-state index contributed by atoms with van der Waals surface area (Å²) in [6.45, 7) is 6.11. The van der Waals surface area contributed by atoms with E-state index >= 15 is 0 Å². The van der Waals surface area contributed by atoms with E-state index < -0.39 is 0 Å². The van der Waals surface area contributed by atoms with Crippen molar-refractivity contribution in [2.24, 2.45) is 0 Å². The van der Waals surface area contributed by atoms with Crippen LogP contribution in [0.5, 0.6) is 0 Å². The fourth-order valence-corrected chi connectivity index (χ4v) is 3.91. The van der Waals surface area contributed by atoms with Crippen LogP contribution in [0.15, 0.2) is 83.8 Å². The minimum absolute atomic E-state index is 0.0395. The van der Waals surface area contributed by atoms with Crippen LogP contribution < -0.4 is 5.32 Å². The quantitative estimate of drug-likeness (QED) is 0.561. The second kappa shape index (κ2) is 8.92. The lowest BCUT2D eigenvalue weighted by atomic mass is 9.95. The fraction of sp³-hybridized carbons (Fsp3) is 0.208. The number of rotatable bonds is 6. The molecule has 2 atom stereocenters. The van der Waals surface area contributed by atoms with Crippen molar-refractivity contribution in [1.29, 1.82) is 0 Å². The van der Waals surface area contributed by atoms with Crippen LogP contribution in [0.2, 0.25) is 0 Å². The van der Waals surface area contributed by atoms with Gasteiger partial charge in [-0.15, -0.1) is 11.8 Å². The molecule has 0 aliphatic heterocycles. The van der Waals surface area contributed by atoms with E-state index in [4.69, 9.17) is 0 Å². The standard InChI is InChI=1S/C24H25NOS/c1-17-13-15-21(16-14-17)27-19(3)24(26)25-23(20-10-5-4-6-11-20)22-12-8-7-9-18(22)2/h4-16,19,23H,1-3H3,(H,25,26)/t19-,23-/m0/s1. The van der Waals surface area contributed by atoms with E-state index in [-0.39, 0.29) is 17.2 Å². The molecule has 0 radical (unpaired) electrons. The molecule has 27 heavy (non-hydrogen) atoms. The molecule has 1 amide bonds. The average molecular weight is 376 g/mol. The van der Waals surface area contributed by atoms with Crippen LogP contribution in [0.1, 0.15) is 35.2 Å². The number of amides is 1. The lowest BCUT2D eigenvalue weighted by molar-refractivity contribution is -0.120. The van der Waals surface area contributed by atoms with E-state index in [1.165, 1.54) is 11.1 Å². The Hall–Kier alpha value is -2.52. The Labute approximate surface area is 166 Å². The Morgan fingerprint density at radius 1 is 0.852 bits per heavy atom. The third-order valence-electron chi connectivity index (χ3n) is 4.62. The Bertz CT molecular complexity index is 890. The van der Waals surface area contributed by atoms with Crippen molar-refractivity contribution in [3.8, 4) is 0 Å². The Balaban J connectivity index is 1.80. The van der Waals surface area contributed by atoms with Gasteiger partial charge in [0.2, 0.25) is 5.91 Å². The molecule has 0 aromatic heterocycles. The number of carbonyl (C=O) groups is 1. The van der Waals surface area contributed by atoms with Gasteiger partial charge in [0.25, 0.3) is 0 Å². The first-order valence-electron chi connectivity index (χ1n) is 9.19. The van der Waals surface area contributed by atoms with Crippen molar-refractivity contribution in [3.05, 3.63) is 101 Å². The van der Waals surface area contributed by atoms with Gasteiger partial charge in [0.1, 0.15) is 0 Å². The zero-order chi connectivity index (χ0) is 19.2. The van der Waals surface area contributed by atoms with Crippen molar-refractivity contribution < 1.29 is 4.79 Å². The van der Waals surface area contributed by atoms with E-state index in [0.29, 0.717) is 0 Å². The van der Waals surface area contributed by atoms with Crippen LogP contribution in [0.25, 0.3) is 0 Å². The van der Waals surface area contributed by atoms with Crippen molar-refractivity contribution in [3.63, 3.8) is 0 Å². The molecule has 0 fully saturated rings. The van der Waals surface area contributed by atoms with Gasteiger partial charge in [-0.3, -0.25) is 4.79 Å². The molecule has 0 aliphatic rings. The molecule has 3 heteroatoms. The summed E-state index contributed by atoms with van der Waals surface area (Å²) >= 11 is 1.58. The van der Waals surface area contributed by atoms with Gasteiger partial charge in [0, 0.05) is 4.90 Å². The monoisotopic (exact) mass is 375 g/mol. The first-order chi connectivity index (χ1) is 13.0. The molecule has 0 bridgehead atoms. The van der Waals surface area contributed by atoms with Crippen molar-refractivity contribution in [2.75, 3.05) is 0 Å². The van der Waals surface area contributed by atoms with Crippen molar-refractivity contribution >= 4 is 17.7 Å². The first-order valence-corrected chi connectivity index (χ1v) is 10.1. The first kappa shape index (κ1) is 19.2. The summed E-state index contributed by atoms with van der Waals surface area (Å²) < 4.78 is 0. The van der Waals surface area contributed by atoms with Crippen molar-refractivity contribution in [2.45, 2.75) is 37.0 Å². The van der Waals surface area contributed by atoms with Crippen LogP contribution in [-0.4, -0.2) is 11.2 Å². The Morgan fingerprint density at radius 3 is 2.15 bits per heavy atom. The minimum atomic E-state index is -0.178. The maximum Gasteiger partial charge on any atom is 0.233 e. The van der Waals surface area contributed by atoms with Gasteiger partial charge in [-0.1, -0.05) is 72.3 Å². The number of aryl methyl sites for hydroxylation is 2. The molecule has 3 rings (SSSR count). The molecular weight excluding hydrogens is 350 g/mol. The van der Waals surface area contributed by atoms with E-state index in [1.54, 1.807) is 11.8 Å². The van der Waals surface area contributed by atoms with Gasteiger partial charge in [-0.25, -0.2) is 0 Å². The van der Waals surface area contributed by atoms with Gasteiger partial charge in [0.05, 0.1) is 11.3 Å². The molecule has 0 unspecified atom stereocenters. The number of hydrogen-bond acceptors (Lipinski definition) is 2. The van der Waals surface area contributed by atoms with Gasteiger partial charge >= 0.3 is 0 Å². The van der Waals surface area contributed by atoms with E-state index in [0.717, 1.165) is 16.0 Å². The molecule has 3 aromatic rings. The van der Waals surface area contributed by atoms with E-state index in [9.17, 15) is 4.79 Å². The maximum atomic E-state index is 13.0. The number of thioether (sulfide) groups is 1. The highest BCUT2D eigenvalue weighted by atomic mass is 32.2. The maximum absolute atomic E-state index is 13.0.